The Labute approximate surface area is 160 Å². The molecule has 0 nitrogen and oxygen atoms in total. The van der Waals surface area contributed by atoms with Crippen molar-refractivity contribution in [3.63, 3.8) is 0 Å². The Morgan fingerprint density at radius 2 is 1.08 bits per heavy atom. The molecule has 26 heavy (non-hydrogen) atoms. The number of rotatable bonds is 5. The van der Waals surface area contributed by atoms with E-state index in [9.17, 15) is 25.2 Å². The third-order valence-corrected chi connectivity index (χ3v) is 5.78. The summed E-state index contributed by atoms with van der Waals surface area (Å²) in [6.45, 7) is 6.75. The molecule has 0 radical (unpaired) electrons. The van der Waals surface area contributed by atoms with E-state index in [0.29, 0.717) is 0 Å². The molecule has 0 bridgehead atoms. The zero-order valence-electron chi connectivity index (χ0n) is 14.7. The van der Waals surface area contributed by atoms with Gasteiger partial charge in [0.15, 0.2) is 7.14 Å². The summed E-state index contributed by atoms with van der Waals surface area (Å²) in [6, 6.07) is 18.4. The second-order valence-corrected chi connectivity index (χ2v) is 11.2. The summed E-state index contributed by atoms with van der Waals surface area (Å²) in [4.78, 5) is 0. The van der Waals surface area contributed by atoms with Gasteiger partial charge in [-0.15, -0.1) is 0 Å². The van der Waals surface area contributed by atoms with Gasteiger partial charge in [0.25, 0.3) is 0 Å². The normalized spacial score (nSPS) is 14.2. The average molecular weight is 510 g/mol. The van der Waals surface area contributed by atoms with Crippen LogP contribution in [0, 0.1) is 13.1 Å². The first-order valence-corrected chi connectivity index (χ1v) is 12.2. The van der Waals surface area contributed by atoms with Crippen LogP contribution in [0.5, 0.6) is 0 Å². The Morgan fingerprint density at radius 3 is 1.38 bits per heavy atom. The first kappa shape index (κ1) is 23.2. The summed E-state index contributed by atoms with van der Waals surface area (Å²) in [5.41, 5.74) is 2.89. The SMILES string of the molecule is CCc1ccc([I+]c2ccc(CC(C)C)cc2)cc1.F[P-](F)(F)(F)(F)F. The van der Waals surface area contributed by atoms with Gasteiger partial charge < -0.3 is 0 Å². The van der Waals surface area contributed by atoms with Crippen LogP contribution in [0.15, 0.2) is 48.5 Å². The van der Waals surface area contributed by atoms with E-state index in [-0.39, 0.29) is 21.2 Å². The summed E-state index contributed by atoms with van der Waals surface area (Å²) >= 11 is -0.0232. The van der Waals surface area contributed by atoms with Crippen LogP contribution in [0.25, 0.3) is 0 Å². The van der Waals surface area contributed by atoms with Crippen molar-refractivity contribution in [1.82, 2.24) is 0 Å². The Hall–Kier alpha value is -0.820. The number of hydrogen-bond acceptors (Lipinski definition) is 0. The van der Waals surface area contributed by atoms with E-state index in [0.717, 1.165) is 12.3 Å². The predicted octanol–water partition coefficient (Wildman–Crippen LogP) is 4.96. The molecule has 8 heteroatoms. The summed E-state index contributed by atoms with van der Waals surface area (Å²) in [7, 11) is -10.7. The number of aryl methyl sites for hydroxylation is 1. The standard InChI is InChI=1S/C18H22I.F6P/c1-4-15-5-9-17(10-6-15)19-18-11-7-16(8-12-18)13-14(2)3;1-7(2,3,4,5)6/h5-12,14H,4,13H2,1-3H3;/q+1;-1. The van der Waals surface area contributed by atoms with Gasteiger partial charge in [0.1, 0.15) is 0 Å². The van der Waals surface area contributed by atoms with Crippen molar-refractivity contribution in [2.45, 2.75) is 33.6 Å². The van der Waals surface area contributed by atoms with Gasteiger partial charge in [-0.25, -0.2) is 0 Å². The Morgan fingerprint density at radius 1 is 0.731 bits per heavy atom. The van der Waals surface area contributed by atoms with Crippen LogP contribution in [-0.2, 0) is 12.8 Å². The Kier molecular flexibility index (Phi) is 7.19. The molecule has 0 saturated heterocycles. The summed E-state index contributed by atoms with van der Waals surface area (Å²) in [5.74, 6) is 0.738. The molecule has 0 aliphatic carbocycles. The molecule has 2 aromatic carbocycles. The maximum atomic E-state index is 9.87. The first-order valence-electron chi connectivity index (χ1n) is 8.01. The molecule has 0 amide bonds. The third kappa shape index (κ3) is 13.4. The minimum atomic E-state index is -10.7. The number of benzene rings is 2. The van der Waals surface area contributed by atoms with Gasteiger partial charge in [-0.2, -0.15) is 0 Å². The molecule has 0 fully saturated rings. The van der Waals surface area contributed by atoms with Crippen molar-refractivity contribution < 1.29 is 46.4 Å². The molecule has 0 spiro atoms. The number of halogens is 7. The Bertz CT molecular complexity index is 680. The maximum absolute atomic E-state index is 10.7. The number of hydrogen-bond donors (Lipinski definition) is 0. The minimum absolute atomic E-state index is 0.0232. The van der Waals surface area contributed by atoms with Gasteiger partial charge in [-0.1, -0.05) is 45.0 Å². The van der Waals surface area contributed by atoms with Crippen LogP contribution in [0.1, 0.15) is 31.9 Å². The molecule has 0 aromatic heterocycles. The molecular weight excluding hydrogens is 488 g/mol. The van der Waals surface area contributed by atoms with Gasteiger partial charge >= 0.3 is 54.2 Å². The molecule has 0 saturated carbocycles. The van der Waals surface area contributed by atoms with Crippen molar-refractivity contribution in [3.05, 3.63) is 66.8 Å². The van der Waals surface area contributed by atoms with Crippen LogP contribution >= 0.6 is 7.81 Å². The second-order valence-electron chi connectivity index (χ2n) is 6.26. The zero-order chi connectivity index (χ0) is 20.1. The monoisotopic (exact) mass is 510 g/mol. The predicted molar refractivity (Wildman–Crippen MR) is 91.8 cm³/mol. The molecule has 0 aliphatic rings. The third-order valence-electron chi connectivity index (χ3n) is 3.10. The molecule has 148 valence electrons. The topological polar surface area (TPSA) is 0 Å². The summed E-state index contributed by atoms with van der Waals surface area (Å²) in [6.07, 6.45) is 2.31. The molecule has 0 unspecified atom stereocenters. The van der Waals surface area contributed by atoms with Crippen molar-refractivity contribution in [2.75, 3.05) is 0 Å². The molecular formula is C18H22F6IP. The molecule has 0 N–H and O–H groups in total. The summed E-state index contributed by atoms with van der Waals surface area (Å²) < 4.78 is 62.2. The van der Waals surface area contributed by atoms with E-state index < -0.39 is 7.81 Å². The van der Waals surface area contributed by atoms with Crippen LogP contribution in [0.4, 0.5) is 25.2 Å². The first-order chi connectivity index (χ1) is 11.6. The van der Waals surface area contributed by atoms with E-state index in [4.69, 9.17) is 0 Å². The van der Waals surface area contributed by atoms with Gasteiger partial charge in [0.2, 0.25) is 0 Å². The zero-order valence-corrected chi connectivity index (χ0v) is 17.8. The van der Waals surface area contributed by atoms with E-state index in [1.807, 2.05) is 0 Å². The van der Waals surface area contributed by atoms with Crippen LogP contribution in [0.3, 0.4) is 0 Å². The van der Waals surface area contributed by atoms with Crippen LogP contribution < -0.4 is 21.2 Å². The molecule has 0 heterocycles. The molecule has 0 atom stereocenters. The van der Waals surface area contributed by atoms with Crippen molar-refractivity contribution in [3.8, 4) is 0 Å². The Balaban J connectivity index is 0.000000412. The van der Waals surface area contributed by atoms with Crippen molar-refractivity contribution in [2.24, 2.45) is 5.92 Å². The molecule has 0 aliphatic heterocycles. The van der Waals surface area contributed by atoms with Crippen LogP contribution in [0.2, 0.25) is 0 Å². The fourth-order valence-electron chi connectivity index (χ4n) is 2.06. The van der Waals surface area contributed by atoms with Crippen LogP contribution in [-0.4, -0.2) is 0 Å². The van der Waals surface area contributed by atoms with Gasteiger partial charge in [-0.3, -0.25) is 0 Å². The van der Waals surface area contributed by atoms with E-state index in [1.54, 1.807) is 0 Å². The van der Waals surface area contributed by atoms with E-state index in [1.165, 1.54) is 24.7 Å². The second kappa shape index (κ2) is 8.05. The van der Waals surface area contributed by atoms with Crippen molar-refractivity contribution in [1.29, 1.82) is 0 Å². The van der Waals surface area contributed by atoms with Crippen molar-refractivity contribution >= 4 is 7.81 Å². The molecule has 2 rings (SSSR count). The fraction of sp³-hybridized carbons (Fsp3) is 0.333. The summed E-state index contributed by atoms with van der Waals surface area (Å²) in [5, 5.41) is 0. The van der Waals surface area contributed by atoms with Gasteiger partial charge in [0, 0.05) is 0 Å². The van der Waals surface area contributed by atoms with E-state index >= 15 is 0 Å². The average Bonchev–Trinajstić information content (AvgIpc) is 2.46. The van der Waals surface area contributed by atoms with Gasteiger partial charge in [0.05, 0.1) is 0 Å². The fourth-order valence-corrected chi connectivity index (χ4v) is 4.22. The quantitative estimate of drug-likeness (QED) is 0.303. The molecule has 2 aromatic rings. The van der Waals surface area contributed by atoms with E-state index in [2.05, 4.69) is 69.3 Å². The van der Waals surface area contributed by atoms with Gasteiger partial charge in [-0.05, 0) is 54.2 Å².